The van der Waals surface area contributed by atoms with Crippen molar-refractivity contribution in [1.82, 2.24) is 4.57 Å². The van der Waals surface area contributed by atoms with Gasteiger partial charge in [-0.3, -0.25) is 4.79 Å². The number of carbonyl (C=O) groups is 1. The molecule has 0 aromatic heterocycles. The smallest absolute Gasteiger partial charge is 0.320 e. The van der Waals surface area contributed by atoms with E-state index in [2.05, 4.69) is 24.2 Å². The highest BCUT2D eigenvalue weighted by atomic mass is 35.5. The molecule has 0 amide bonds. The third kappa shape index (κ3) is 2.97. The van der Waals surface area contributed by atoms with Crippen molar-refractivity contribution in [2.75, 3.05) is 6.54 Å². The molecule has 1 fully saturated rings. The number of rotatable bonds is 2. The van der Waals surface area contributed by atoms with Crippen LogP contribution in [0.25, 0.3) is 0 Å². The van der Waals surface area contributed by atoms with Crippen molar-refractivity contribution in [3.8, 4) is 0 Å². The topological polar surface area (TPSA) is 40.5 Å². The summed E-state index contributed by atoms with van der Waals surface area (Å²) in [6, 6.07) is -0.198. The van der Waals surface area contributed by atoms with Crippen LogP contribution in [0, 0.1) is 0 Å². The highest BCUT2D eigenvalue weighted by Gasteiger charge is 2.37. The van der Waals surface area contributed by atoms with Crippen molar-refractivity contribution < 1.29 is 9.90 Å². The Morgan fingerprint density at radius 3 is 2.31 bits per heavy atom. The van der Waals surface area contributed by atoms with E-state index in [9.17, 15) is 4.79 Å². The molecule has 1 saturated heterocycles. The highest BCUT2D eigenvalue weighted by Crippen LogP contribution is 2.23. The number of carboxylic acid groups (broad SMARTS) is 1. The summed E-state index contributed by atoms with van der Waals surface area (Å²) in [6.07, 6.45) is 1.88. The summed E-state index contributed by atoms with van der Waals surface area (Å²) < 4.78 is 2.20. The van der Waals surface area contributed by atoms with Gasteiger partial charge in [-0.15, -0.1) is 12.4 Å². The van der Waals surface area contributed by atoms with E-state index in [0.717, 1.165) is 19.4 Å². The molecule has 0 spiro atoms. The minimum Gasteiger partial charge on any atom is -0.480 e. The third-order valence-corrected chi connectivity index (χ3v) is 4.66. The molecule has 0 bridgehead atoms. The molecule has 0 aliphatic carbocycles. The zero-order valence-corrected chi connectivity index (χ0v) is 10.2. The molecule has 5 heteroatoms. The summed E-state index contributed by atoms with van der Waals surface area (Å²) in [5, 5.41) is 8.93. The lowest BCUT2D eigenvalue weighted by Crippen LogP contribution is -2.51. The third-order valence-electron chi connectivity index (χ3n) is 2.40. The van der Waals surface area contributed by atoms with Crippen LogP contribution in [0.15, 0.2) is 0 Å². The number of hydrogen-bond acceptors (Lipinski definition) is 2. The fraction of sp³-hybridized carbons (Fsp3) is 0.875. The van der Waals surface area contributed by atoms with Crippen molar-refractivity contribution in [2.45, 2.75) is 38.5 Å². The summed E-state index contributed by atoms with van der Waals surface area (Å²) in [6.45, 7) is 7.59. The van der Waals surface area contributed by atoms with Gasteiger partial charge < -0.3 is 9.67 Å². The molecule has 0 unspecified atom stereocenters. The zero-order chi connectivity index (χ0) is 9.35. The average molecular weight is 224 g/mol. The Morgan fingerprint density at radius 1 is 1.46 bits per heavy atom. The molecule has 1 heterocycles. The highest BCUT2D eigenvalue weighted by molar-refractivity contribution is 6.73. The van der Waals surface area contributed by atoms with Crippen LogP contribution in [-0.2, 0) is 4.79 Å². The monoisotopic (exact) mass is 223 g/mol. The molecule has 1 aliphatic heterocycles. The molecular formula is C8H18ClNO2Si. The first kappa shape index (κ1) is 12.9. The number of hydrogen-bond donors (Lipinski definition) is 1. The van der Waals surface area contributed by atoms with Crippen LogP contribution in [0.1, 0.15) is 12.8 Å². The van der Waals surface area contributed by atoms with Crippen LogP contribution >= 0.6 is 12.4 Å². The molecular weight excluding hydrogens is 206 g/mol. The largest absolute Gasteiger partial charge is 0.480 e. The molecule has 1 aliphatic rings. The Bertz CT molecular complexity index is 193. The minimum absolute atomic E-state index is 0. The molecule has 13 heavy (non-hydrogen) atoms. The van der Waals surface area contributed by atoms with E-state index in [1.54, 1.807) is 0 Å². The zero-order valence-electron chi connectivity index (χ0n) is 8.41. The second-order valence-electron chi connectivity index (χ2n) is 4.36. The van der Waals surface area contributed by atoms with Crippen LogP contribution in [-0.4, -0.2) is 36.5 Å². The van der Waals surface area contributed by atoms with Crippen LogP contribution in [0.3, 0.4) is 0 Å². The molecule has 1 atom stereocenters. The standard InChI is InChI=1S/C8H17NO2Si.ClH/c1-12(2,3)9-6-4-5-7(9)8(10)11;/h7H,4-6H2,1-3H3,(H,10,11);1H/t7-;/m0./s1. The summed E-state index contributed by atoms with van der Waals surface area (Å²) in [5.74, 6) is -0.644. The van der Waals surface area contributed by atoms with Crippen molar-refractivity contribution in [3.05, 3.63) is 0 Å². The quantitative estimate of drug-likeness (QED) is 0.726. The first-order valence-electron chi connectivity index (χ1n) is 4.42. The van der Waals surface area contributed by atoms with E-state index in [4.69, 9.17) is 5.11 Å². The second-order valence-corrected chi connectivity index (χ2v) is 9.28. The summed E-state index contributed by atoms with van der Waals surface area (Å²) in [7, 11) is -1.40. The first-order valence-corrected chi connectivity index (χ1v) is 7.87. The molecule has 1 rings (SSSR count). The maximum absolute atomic E-state index is 10.8. The molecule has 1 N–H and O–H groups in total. The Labute approximate surface area is 86.6 Å². The van der Waals surface area contributed by atoms with E-state index in [1.807, 2.05) is 0 Å². The SMILES string of the molecule is C[Si](C)(C)N1CCC[C@H]1C(=O)O.Cl. The lowest BCUT2D eigenvalue weighted by Gasteiger charge is -2.33. The van der Waals surface area contributed by atoms with E-state index in [-0.39, 0.29) is 18.4 Å². The van der Waals surface area contributed by atoms with Crippen LogP contribution < -0.4 is 0 Å². The number of halogens is 1. The number of aliphatic carboxylic acids is 1. The number of nitrogens with zero attached hydrogens (tertiary/aromatic N) is 1. The maximum atomic E-state index is 10.8. The normalized spacial score (nSPS) is 24.1. The lowest BCUT2D eigenvalue weighted by atomic mass is 10.2. The van der Waals surface area contributed by atoms with Gasteiger partial charge >= 0.3 is 5.97 Å². The maximum Gasteiger partial charge on any atom is 0.320 e. The fourth-order valence-corrected chi connectivity index (χ4v) is 3.83. The van der Waals surface area contributed by atoms with Crippen LogP contribution in [0.5, 0.6) is 0 Å². The summed E-state index contributed by atoms with van der Waals surface area (Å²) >= 11 is 0. The molecule has 0 aromatic carbocycles. The van der Waals surface area contributed by atoms with Crippen LogP contribution in [0.2, 0.25) is 19.6 Å². The summed E-state index contributed by atoms with van der Waals surface area (Å²) in [5.41, 5.74) is 0. The fourth-order valence-electron chi connectivity index (χ4n) is 1.83. The Morgan fingerprint density at radius 2 is 2.00 bits per heavy atom. The average Bonchev–Trinajstić information content (AvgIpc) is 2.30. The Balaban J connectivity index is 0.00000144. The number of carboxylic acids is 1. The van der Waals surface area contributed by atoms with Crippen molar-refractivity contribution >= 4 is 26.6 Å². The second kappa shape index (κ2) is 4.44. The van der Waals surface area contributed by atoms with E-state index in [1.165, 1.54) is 0 Å². The van der Waals surface area contributed by atoms with Gasteiger partial charge in [-0.2, -0.15) is 0 Å². The Hall–Kier alpha value is -0.0631. The minimum atomic E-state index is -1.40. The van der Waals surface area contributed by atoms with E-state index < -0.39 is 14.2 Å². The van der Waals surface area contributed by atoms with Gasteiger partial charge in [0.05, 0.1) is 0 Å². The van der Waals surface area contributed by atoms with Crippen molar-refractivity contribution in [3.63, 3.8) is 0 Å². The van der Waals surface area contributed by atoms with Gasteiger partial charge in [-0.1, -0.05) is 19.6 Å². The van der Waals surface area contributed by atoms with Crippen molar-refractivity contribution in [1.29, 1.82) is 0 Å². The van der Waals surface area contributed by atoms with E-state index >= 15 is 0 Å². The first-order chi connectivity index (χ1) is 5.43. The van der Waals surface area contributed by atoms with Gasteiger partial charge in [0.1, 0.15) is 14.3 Å². The van der Waals surface area contributed by atoms with Gasteiger partial charge in [-0.05, 0) is 19.4 Å². The van der Waals surface area contributed by atoms with Gasteiger partial charge in [0.25, 0.3) is 0 Å². The summed E-state index contributed by atoms with van der Waals surface area (Å²) in [4.78, 5) is 10.8. The van der Waals surface area contributed by atoms with Crippen molar-refractivity contribution in [2.24, 2.45) is 0 Å². The molecule has 0 saturated carbocycles. The van der Waals surface area contributed by atoms with E-state index in [0.29, 0.717) is 0 Å². The lowest BCUT2D eigenvalue weighted by molar-refractivity contribution is -0.140. The van der Waals surface area contributed by atoms with Gasteiger partial charge in [0.15, 0.2) is 0 Å². The molecule has 3 nitrogen and oxygen atoms in total. The van der Waals surface area contributed by atoms with Gasteiger partial charge in [-0.25, -0.2) is 0 Å². The molecule has 78 valence electrons. The van der Waals surface area contributed by atoms with Gasteiger partial charge in [0.2, 0.25) is 0 Å². The van der Waals surface area contributed by atoms with Crippen LogP contribution in [0.4, 0.5) is 0 Å². The Kier molecular flexibility index (Phi) is 4.42. The van der Waals surface area contributed by atoms with Gasteiger partial charge in [0, 0.05) is 0 Å². The predicted octanol–water partition coefficient (Wildman–Crippen LogP) is 1.79. The molecule has 0 radical (unpaired) electrons. The predicted molar refractivity (Wildman–Crippen MR) is 58.0 cm³/mol. The molecule has 0 aromatic rings.